The minimum atomic E-state index is -0.716. The van der Waals surface area contributed by atoms with Gasteiger partial charge >= 0.3 is 23.9 Å². The molecule has 0 heterocycles. The molecule has 196 valence electrons. The van der Waals surface area contributed by atoms with Crippen molar-refractivity contribution in [1.82, 2.24) is 5.32 Å². The van der Waals surface area contributed by atoms with Crippen molar-refractivity contribution in [1.29, 1.82) is 0 Å². The van der Waals surface area contributed by atoms with Gasteiger partial charge < -0.3 is 24.3 Å². The fraction of sp³-hybridized carbons (Fsp3) is 0.615. The standard InChI is InChI=1S/C26H39NO8/c1-5-8-11-24(29)34-21-14-13-19(18-22(21)35-25(30)12-9-6-2)17-20(26(31)32-4)27-15-16-33-23(28)10-7-3/h13-14,18,20,27H,5-12,15-17H2,1-4H3/t20-/m0/s1. The lowest BCUT2D eigenvalue weighted by molar-refractivity contribution is -0.144. The molecular weight excluding hydrogens is 454 g/mol. The van der Waals surface area contributed by atoms with Gasteiger partial charge in [-0.05, 0) is 43.4 Å². The van der Waals surface area contributed by atoms with E-state index in [1.165, 1.54) is 7.11 Å². The Bertz CT molecular complexity index is 824. The third kappa shape index (κ3) is 12.4. The van der Waals surface area contributed by atoms with Crippen molar-refractivity contribution in [3.05, 3.63) is 23.8 Å². The maximum atomic E-state index is 12.3. The molecule has 0 aliphatic carbocycles. The van der Waals surface area contributed by atoms with Crippen LogP contribution < -0.4 is 14.8 Å². The smallest absolute Gasteiger partial charge is 0.323 e. The molecule has 0 radical (unpaired) electrons. The molecule has 1 atom stereocenters. The van der Waals surface area contributed by atoms with Gasteiger partial charge in [-0.3, -0.25) is 19.2 Å². The van der Waals surface area contributed by atoms with Crippen LogP contribution in [0.4, 0.5) is 0 Å². The number of rotatable bonds is 17. The van der Waals surface area contributed by atoms with Crippen molar-refractivity contribution in [3.63, 3.8) is 0 Å². The fourth-order valence-corrected chi connectivity index (χ4v) is 3.12. The van der Waals surface area contributed by atoms with E-state index in [0.29, 0.717) is 31.2 Å². The first-order valence-electron chi connectivity index (χ1n) is 12.4. The molecule has 35 heavy (non-hydrogen) atoms. The van der Waals surface area contributed by atoms with Gasteiger partial charge in [-0.25, -0.2) is 0 Å². The number of nitrogens with one attached hydrogen (secondary N) is 1. The highest BCUT2D eigenvalue weighted by atomic mass is 16.6. The fourth-order valence-electron chi connectivity index (χ4n) is 3.12. The molecule has 0 aliphatic heterocycles. The van der Waals surface area contributed by atoms with E-state index < -0.39 is 23.9 Å². The summed E-state index contributed by atoms with van der Waals surface area (Å²) in [5, 5.41) is 3.03. The lowest BCUT2D eigenvalue weighted by atomic mass is 10.0. The zero-order valence-corrected chi connectivity index (χ0v) is 21.4. The van der Waals surface area contributed by atoms with E-state index in [9.17, 15) is 19.2 Å². The van der Waals surface area contributed by atoms with E-state index in [1.807, 2.05) is 20.8 Å². The lowest BCUT2D eigenvalue weighted by Gasteiger charge is -2.18. The molecule has 1 aromatic carbocycles. The van der Waals surface area contributed by atoms with Crippen molar-refractivity contribution in [2.45, 2.75) is 84.6 Å². The number of carbonyl (C=O) groups is 4. The average molecular weight is 494 g/mol. The van der Waals surface area contributed by atoms with E-state index in [0.717, 1.165) is 12.8 Å². The van der Waals surface area contributed by atoms with Gasteiger partial charge in [0.05, 0.1) is 7.11 Å². The Kier molecular flexibility index (Phi) is 15.0. The van der Waals surface area contributed by atoms with E-state index in [1.54, 1.807) is 18.2 Å². The number of methoxy groups -OCH3 is 1. The molecule has 0 amide bonds. The maximum absolute atomic E-state index is 12.3. The largest absolute Gasteiger partial charge is 0.468 e. The summed E-state index contributed by atoms with van der Waals surface area (Å²) in [5.41, 5.74) is 0.669. The number of esters is 4. The molecule has 9 heteroatoms. The topological polar surface area (TPSA) is 117 Å². The Morgan fingerprint density at radius 2 is 1.46 bits per heavy atom. The molecule has 1 aromatic rings. The van der Waals surface area contributed by atoms with Gasteiger partial charge in [0.2, 0.25) is 0 Å². The molecule has 0 aliphatic rings. The summed E-state index contributed by atoms with van der Waals surface area (Å²) >= 11 is 0. The molecule has 9 nitrogen and oxygen atoms in total. The van der Waals surface area contributed by atoms with Crippen molar-refractivity contribution in [2.24, 2.45) is 0 Å². The Labute approximate surface area is 207 Å². The van der Waals surface area contributed by atoms with Gasteiger partial charge in [-0.15, -0.1) is 0 Å². The second-order valence-electron chi connectivity index (χ2n) is 8.14. The molecule has 1 rings (SSSR count). The monoisotopic (exact) mass is 493 g/mol. The Balaban J connectivity index is 2.96. The molecule has 0 spiro atoms. The summed E-state index contributed by atoms with van der Waals surface area (Å²) < 4.78 is 20.9. The zero-order valence-electron chi connectivity index (χ0n) is 21.4. The second-order valence-corrected chi connectivity index (χ2v) is 8.14. The normalized spacial score (nSPS) is 11.4. The van der Waals surface area contributed by atoms with Crippen LogP contribution in [0.25, 0.3) is 0 Å². The van der Waals surface area contributed by atoms with E-state index in [2.05, 4.69) is 5.32 Å². The number of unbranched alkanes of at least 4 members (excludes halogenated alkanes) is 2. The van der Waals surface area contributed by atoms with Gasteiger partial charge in [-0.2, -0.15) is 0 Å². The Hall–Kier alpha value is -2.94. The number of ether oxygens (including phenoxy) is 4. The van der Waals surface area contributed by atoms with Crippen LogP contribution >= 0.6 is 0 Å². The van der Waals surface area contributed by atoms with E-state index >= 15 is 0 Å². The summed E-state index contributed by atoms with van der Waals surface area (Å²) in [6.45, 7) is 6.23. The number of hydrogen-bond donors (Lipinski definition) is 1. The van der Waals surface area contributed by atoms with Gasteiger partial charge in [0.15, 0.2) is 11.5 Å². The highest BCUT2D eigenvalue weighted by Gasteiger charge is 2.21. The Morgan fingerprint density at radius 3 is 2.03 bits per heavy atom. The van der Waals surface area contributed by atoms with Crippen molar-refractivity contribution in [3.8, 4) is 11.5 Å². The van der Waals surface area contributed by atoms with Gasteiger partial charge in [0, 0.05) is 25.8 Å². The van der Waals surface area contributed by atoms with Gasteiger partial charge in [0.25, 0.3) is 0 Å². The van der Waals surface area contributed by atoms with Crippen LogP contribution in [0.1, 0.15) is 77.7 Å². The second kappa shape index (κ2) is 17.5. The third-order valence-corrected chi connectivity index (χ3v) is 5.06. The quantitative estimate of drug-likeness (QED) is 0.196. The minimum Gasteiger partial charge on any atom is -0.468 e. The Morgan fingerprint density at radius 1 is 0.829 bits per heavy atom. The number of carbonyl (C=O) groups excluding carboxylic acids is 4. The lowest BCUT2D eigenvalue weighted by Crippen LogP contribution is -2.41. The molecule has 0 unspecified atom stereocenters. The molecule has 0 aromatic heterocycles. The van der Waals surface area contributed by atoms with Crippen LogP contribution in [-0.4, -0.2) is 50.2 Å². The van der Waals surface area contributed by atoms with E-state index in [4.69, 9.17) is 18.9 Å². The predicted molar refractivity (Wildman–Crippen MR) is 130 cm³/mol. The molecular formula is C26H39NO8. The van der Waals surface area contributed by atoms with Gasteiger partial charge in [0.1, 0.15) is 12.6 Å². The average Bonchev–Trinajstić information content (AvgIpc) is 2.84. The van der Waals surface area contributed by atoms with Crippen molar-refractivity contribution < 1.29 is 38.1 Å². The van der Waals surface area contributed by atoms with Crippen LogP contribution in [0.2, 0.25) is 0 Å². The number of hydrogen-bond acceptors (Lipinski definition) is 9. The molecule has 0 saturated heterocycles. The first-order chi connectivity index (χ1) is 16.8. The predicted octanol–water partition coefficient (Wildman–Crippen LogP) is 3.89. The van der Waals surface area contributed by atoms with Crippen LogP contribution in [0.3, 0.4) is 0 Å². The third-order valence-electron chi connectivity index (χ3n) is 5.06. The summed E-state index contributed by atoms with van der Waals surface area (Å²) in [7, 11) is 1.29. The molecule has 0 fully saturated rings. The molecule has 1 N–H and O–H groups in total. The first-order valence-corrected chi connectivity index (χ1v) is 12.4. The SMILES string of the molecule is CCCCC(=O)Oc1ccc(C[C@H](NCCOC(=O)CCC)C(=O)OC)cc1OC(=O)CCCC. The van der Waals surface area contributed by atoms with Crippen LogP contribution in [0, 0.1) is 0 Å². The van der Waals surface area contributed by atoms with Gasteiger partial charge in [-0.1, -0.05) is 39.7 Å². The van der Waals surface area contributed by atoms with Crippen molar-refractivity contribution >= 4 is 23.9 Å². The summed E-state index contributed by atoms with van der Waals surface area (Å²) in [6.07, 6.45) is 4.84. The van der Waals surface area contributed by atoms with Crippen LogP contribution in [-0.2, 0) is 35.1 Å². The summed E-state index contributed by atoms with van der Waals surface area (Å²) in [6, 6.07) is 4.13. The van der Waals surface area contributed by atoms with Crippen LogP contribution in [0.5, 0.6) is 11.5 Å². The molecule has 0 saturated carbocycles. The highest BCUT2D eigenvalue weighted by Crippen LogP contribution is 2.30. The summed E-state index contributed by atoms with van der Waals surface area (Å²) in [5.74, 6) is -1.32. The minimum absolute atomic E-state index is 0.124. The van der Waals surface area contributed by atoms with Crippen molar-refractivity contribution in [2.75, 3.05) is 20.3 Å². The van der Waals surface area contributed by atoms with Crippen LogP contribution in [0.15, 0.2) is 18.2 Å². The first kappa shape index (κ1) is 30.1. The highest BCUT2D eigenvalue weighted by molar-refractivity contribution is 5.77. The number of benzene rings is 1. The maximum Gasteiger partial charge on any atom is 0.323 e. The molecule has 0 bridgehead atoms. The van der Waals surface area contributed by atoms with E-state index in [-0.39, 0.29) is 49.9 Å². The summed E-state index contributed by atoms with van der Waals surface area (Å²) in [4.78, 5) is 48.2. The zero-order chi connectivity index (χ0) is 26.1.